The molecule has 0 aromatic rings. The van der Waals surface area contributed by atoms with Crippen molar-refractivity contribution in [3.8, 4) is 0 Å². The van der Waals surface area contributed by atoms with Crippen LogP contribution in [0.25, 0.3) is 0 Å². The third-order valence-corrected chi connectivity index (χ3v) is 15.6. The van der Waals surface area contributed by atoms with E-state index in [4.69, 9.17) is 4.74 Å². The topological polar surface area (TPSA) is 95.9 Å². The van der Waals surface area contributed by atoms with Gasteiger partial charge in [0.15, 0.2) is 0 Å². The third kappa shape index (κ3) is 61.0. The normalized spacial score (nSPS) is 12.8. The van der Waals surface area contributed by atoms with E-state index in [1.807, 2.05) is 0 Å². The first-order valence-electron chi connectivity index (χ1n) is 33.9. The SMILES string of the molecule is CCCCC/C=C\C/C=C\CCCCCCCC(=O)OCCCCCCCCCCC/C=C\C/C=C\CCCCCCCCCCCCCCCCCCCC(=O)NC(CO)C(O)CCCCCCCCCCCCC. The van der Waals surface area contributed by atoms with Crippen molar-refractivity contribution in [1.82, 2.24) is 5.32 Å². The van der Waals surface area contributed by atoms with Gasteiger partial charge in [0.05, 0.1) is 25.4 Å². The Hall–Kier alpha value is -2.18. The van der Waals surface area contributed by atoms with Crippen LogP contribution in [0.1, 0.15) is 361 Å². The van der Waals surface area contributed by atoms with Crippen LogP contribution in [0.3, 0.4) is 0 Å². The van der Waals surface area contributed by atoms with E-state index in [0.29, 0.717) is 25.9 Å². The Bertz CT molecular complexity index is 1270. The van der Waals surface area contributed by atoms with Crippen LogP contribution in [0.4, 0.5) is 0 Å². The number of aliphatic hydroxyl groups is 2. The minimum Gasteiger partial charge on any atom is -0.466 e. The van der Waals surface area contributed by atoms with Gasteiger partial charge < -0.3 is 20.3 Å². The van der Waals surface area contributed by atoms with Crippen molar-refractivity contribution in [2.24, 2.45) is 0 Å². The molecule has 0 fully saturated rings. The van der Waals surface area contributed by atoms with Gasteiger partial charge in [0.2, 0.25) is 5.91 Å². The predicted molar refractivity (Wildman–Crippen MR) is 333 cm³/mol. The lowest BCUT2D eigenvalue weighted by molar-refractivity contribution is -0.143. The van der Waals surface area contributed by atoms with Crippen LogP contribution in [-0.2, 0) is 14.3 Å². The molecule has 0 radical (unpaired) electrons. The Labute approximate surface area is 474 Å². The zero-order chi connectivity index (χ0) is 55.0. The first-order chi connectivity index (χ1) is 37.5. The second-order valence-electron chi connectivity index (χ2n) is 23.1. The molecule has 0 heterocycles. The Morgan fingerprint density at radius 3 is 1.03 bits per heavy atom. The highest BCUT2D eigenvalue weighted by Crippen LogP contribution is 2.18. The first-order valence-corrected chi connectivity index (χ1v) is 33.9. The number of amides is 1. The number of unbranched alkanes of at least 4 members (excludes halogenated alkanes) is 44. The summed E-state index contributed by atoms with van der Waals surface area (Å²) in [7, 11) is 0. The number of nitrogens with one attached hydrogen (secondary N) is 1. The molecule has 0 aliphatic heterocycles. The molecular formula is C70H131NO5. The largest absolute Gasteiger partial charge is 0.466 e. The van der Waals surface area contributed by atoms with E-state index in [2.05, 4.69) is 67.8 Å². The zero-order valence-corrected chi connectivity index (χ0v) is 51.0. The van der Waals surface area contributed by atoms with Gasteiger partial charge in [0.25, 0.3) is 0 Å². The van der Waals surface area contributed by atoms with Crippen molar-refractivity contribution in [2.75, 3.05) is 13.2 Å². The molecule has 6 heteroatoms. The lowest BCUT2D eigenvalue weighted by atomic mass is 10.0. The second kappa shape index (κ2) is 65.3. The van der Waals surface area contributed by atoms with Gasteiger partial charge in [-0.15, -0.1) is 0 Å². The second-order valence-corrected chi connectivity index (χ2v) is 23.1. The van der Waals surface area contributed by atoms with Crippen molar-refractivity contribution < 1.29 is 24.5 Å². The van der Waals surface area contributed by atoms with Crippen LogP contribution in [-0.4, -0.2) is 47.4 Å². The fourth-order valence-corrected chi connectivity index (χ4v) is 10.4. The summed E-state index contributed by atoms with van der Waals surface area (Å²) in [6.07, 6.45) is 84.4. The van der Waals surface area contributed by atoms with Gasteiger partial charge in [0, 0.05) is 12.8 Å². The fraction of sp³-hybridized carbons (Fsp3) is 0.857. The van der Waals surface area contributed by atoms with Gasteiger partial charge in [-0.3, -0.25) is 9.59 Å². The average Bonchev–Trinajstić information content (AvgIpc) is 3.42. The number of allylic oxidation sites excluding steroid dienone is 8. The molecule has 3 N–H and O–H groups in total. The number of carbonyl (C=O) groups is 2. The smallest absolute Gasteiger partial charge is 0.305 e. The van der Waals surface area contributed by atoms with Crippen LogP contribution in [0.15, 0.2) is 48.6 Å². The number of hydrogen-bond acceptors (Lipinski definition) is 5. The number of hydrogen-bond donors (Lipinski definition) is 3. The Morgan fingerprint density at radius 2 is 0.658 bits per heavy atom. The van der Waals surface area contributed by atoms with Gasteiger partial charge in [-0.25, -0.2) is 0 Å². The zero-order valence-electron chi connectivity index (χ0n) is 51.0. The molecule has 0 saturated carbocycles. The third-order valence-electron chi connectivity index (χ3n) is 15.6. The maximum absolute atomic E-state index is 12.5. The van der Waals surface area contributed by atoms with E-state index in [1.54, 1.807) is 0 Å². The van der Waals surface area contributed by atoms with Crippen molar-refractivity contribution in [2.45, 2.75) is 373 Å². The number of rotatable bonds is 63. The van der Waals surface area contributed by atoms with Gasteiger partial charge in [-0.05, 0) is 89.9 Å². The molecule has 446 valence electrons. The molecule has 0 aromatic heterocycles. The van der Waals surface area contributed by atoms with E-state index < -0.39 is 12.1 Å². The maximum Gasteiger partial charge on any atom is 0.305 e. The van der Waals surface area contributed by atoms with Gasteiger partial charge >= 0.3 is 5.97 Å². The fourth-order valence-electron chi connectivity index (χ4n) is 10.4. The molecule has 2 atom stereocenters. The number of carbonyl (C=O) groups excluding carboxylic acids is 2. The molecule has 76 heavy (non-hydrogen) atoms. The van der Waals surface area contributed by atoms with Crippen molar-refractivity contribution in [1.29, 1.82) is 0 Å². The summed E-state index contributed by atoms with van der Waals surface area (Å²) in [6.45, 7) is 4.92. The van der Waals surface area contributed by atoms with Crippen molar-refractivity contribution in [3.05, 3.63) is 48.6 Å². The Kier molecular flexibility index (Phi) is 63.5. The molecule has 0 saturated heterocycles. The minimum absolute atomic E-state index is 0.00000832. The van der Waals surface area contributed by atoms with E-state index in [9.17, 15) is 19.8 Å². The summed E-state index contributed by atoms with van der Waals surface area (Å²) in [5.41, 5.74) is 0. The van der Waals surface area contributed by atoms with Crippen LogP contribution >= 0.6 is 0 Å². The molecule has 0 aliphatic carbocycles. The summed E-state index contributed by atoms with van der Waals surface area (Å²) in [6, 6.07) is -0.539. The quantitative estimate of drug-likeness (QED) is 0.0320. The summed E-state index contributed by atoms with van der Waals surface area (Å²) < 4.78 is 5.48. The van der Waals surface area contributed by atoms with Crippen LogP contribution in [0.5, 0.6) is 0 Å². The Balaban J connectivity index is 3.37. The number of esters is 1. The highest BCUT2D eigenvalue weighted by molar-refractivity contribution is 5.76. The highest BCUT2D eigenvalue weighted by Gasteiger charge is 2.20. The van der Waals surface area contributed by atoms with Crippen molar-refractivity contribution >= 4 is 11.9 Å². The van der Waals surface area contributed by atoms with Gasteiger partial charge in [0.1, 0.15) is 0 Å². The maximum atomic E-state index is 12.5. The first kappa shape index (κ1) is 73.8. The molecule has 0 aromatic carbocycles. The van der Waals surface area contributed by atoms with Gasteiger partial charge in [-0.1, -0.05) is 306 Å². The molecule has 0 spiro atoms. The van der Waals surface area contributed by atoms with E-state index in [-0.39, 0.29) is 18.5 Å². The molecule has 1 amide bonds. The van der Waals surface area contributed by atoms with E-state index in [0.717, 1.165) is 57.8 Å². The molecule has 0 rings (SSSR count). The summed E-state index contributed by atoms with van der Waals surface area (Å²) in [5.74, 6) is -0.0332. The Morgan fingerprint density at radius 1 is 0.368 bits per heavy atom. The van der Waals surface area contributed by atoms with E-state index >= 15 is 0 Å². The lowest BCUT2D eigenvalue weighted by Crippen LogP contribution is -2.45. The van der Waals surface area contributed by atoms with Crippen LogP contribution in [0, 0.1) is 0 Å². The number of ether oxygens (including phenoxy) is 1. The highest BCUT2D eigenvalue weighted by atomic mass is 16.5. The minimum atomic E-state index is -0.662. The summed E-state index contributed by atoms with van der Waals surface area (Å²) in [4.78, 5) is 24.5. The van der Waals surface area contributed by atoms with Gasteiger partial charge in [-0.2, -0.15) is 0 Å². The van der Waals surface area contributed by atoms with Crippen LogP contribution < -0.4 is 5.32 Å². The summed E-state index contributed by atoms with van der Waals surface area (Å²) in [5, 5.41) is 23.2. The predicted octanol–water partition coefficient (Wildman–Crippen LogP) is 21.7. The lowest BCUT2D eigenvalue weighted by Gasteiger charge is -2.22. The molecule has 2 unspecified atom stereocenters. The van der Waals surface area contributed by atoms with E-state index in [1.165, 1.54) is 270 Å². The van der Waals surface area contributed by atoms with Crippen molar-refractivity contribution in [3.63, 3.8) is 0 Å². The molecular weight excluding hydrogens is 935 g/mol. The summed E-state index contributed by atoms with van der Waals surface area (Å²) >= 11 is 0. The average molecular weight is 1070 g/mol. The van der Waals surface area contributed by atoms with Crippen LogP contribution in [0.2, 0.25) is 0 Å². The standard InChI is InChI=1S/C70H131NO5/c1-3-5-7-9-11-13-15-16-36-40-44-48-52-56-60-64-70(75)76-65-61-57-53-49-45-41-38-35-33-31-29-27-25-23-21-19-17-18-20-22-24-26-28-30-32-34-37-39-43-47-51-55-59-63-69(74)71-67(66-72)68(73)62-58-54-50-46-42-14-12-10-8-6-4-2/h11,13,16,21,23,27,29,36,67-68,72-73H,3-10,12,14-15,17-20,22,24-26,28,30-35,37-66H2,1-2H3,(H,71,74)/b13-11-,23-21-,29-27-,36-16-. The molecule has 0 aliphatic rings. The molecule has 6 nitrogen and oxygen atoms in total. The monoisotopic (exact) mass is 1070 g/mol. The molecule has 0 bridgehead atoms. The number of aliphatic hydroxyl groups excluding tert-OH is 2.